The number of benzene rings is 2. The van der Waals surface area contributed by atoms with Crippen molar-refractivity contribution in [3.63, 3.8) is 0 Å². The summed E-state index contributed by atoms with van der Waals surface area (Å²) in [6.07, 6.45) is 1.49. The first-order valence-corrected chi connectivity index (χ1v) is 10.2. The lowest BCUT2D eigenvalue weighted by molar-refractivity contribution is -0.126. The zero-order valence-electron chi connectivity index (χ0n) is 17.1. The molecule has 154 valence electrons. The molecule has 0 aliphatic carbocycles. The SMILES string of the molecule is CC(C)Oc1ccc(CNC(=O)C2CCN(C(=O)Nc3ccccc3)CC2)cc1. The average Bonchev–Trinajstić information content (AvgIpc) is 2.73. The molecule has 2 N–H and O–H groups in total. The zero-order valence-corrected chi connectivity index (χ0v) is 17.1. The Morgan fingerprint density at radius 2 is 1.69 bits per heavy atom. The summed E-state index contributed by atoms with van der Waals surface area (Å²) < 4.78 is 5.63. The summed E-state index contributed by atoms with van der Waals surface area (Å²) in [5.74, 6) is 0.825. The van der Waals surface area contributed by atoms with Crippen molar-refractivity contribution < 1.29 is 14.3 Å². The first-order valence-electron chi connectivity index (χ1n) is 10.2. The maximum atomic E-state index is 12.5. The third-order valence-corrected chi connectivity index (χ3v) is 4.94. The molecular formula is C23H29N3O3. The number of piperidine rings is 1. The maximum absolute atomic E-state index is 12.5. The van der Waals surface area contributed by atoms with Crippen LogP contribution in [0.4, 0.5) is 10.5 Å². The van der Waals surface area contributed by atoms with E-state index in [0.29, 0.717) is 32.5 Å². The number of para-hydroxylation sites is 1. The van der Waals surface area contributed by atoms with Gasteiger partial charge in [-0.05, 0) is 56.5 Å². The third-order valence-electron chi connectivity index (χ3n) is 4.94. The predicted octanol–water partition coefficient (Wildman–Crippen LogP) is 4.03. The van der Waals surface area contributed by atoms with Crippen molar-refractivity contribution in [2.24, 2.45) is 5.92 Å². The maximum Gasteiger partial charge on any atom is 0.321 e. The van der Waals surface area contributed by atoms with Gasteiger partial charge in [0.15, 0.2) is 0 Å². The summed E-state index contributed by atoms with van der Waals surface area (Å²) in [7, 11) is 0. The number of ether oxygens (including phenoxy) is 1. The molecule has 0 saturated carbocycles. The molecule has 1 aliphatic rings. The highest BCUT2D eigenvalue weighted by Gasteiger charge is 2.27. The number of hydrogen-bond donors (Lipinski definition) is 2. The molecular weight excluding hydrogens is 366 g/mol. The van der Waals surface area contributed by atoms with Crippen LogP contribution in [0, 0.1) is 5.92 Å². The predicted molar refractivity (Wildman–Crippen MR) is 114 cm³/mol. The number of anilines is 1. The van der Waals surface area contributed by atoms with Gasteiger partial charge in [0.05, 0.1) is 6.10 Å². The van der Waals surface area contributed by atoms with E-state index in [1.807, 2.05) is 68.4 Å². The van der Waals surface area contributed by atoms with Crippen molar-refractivity contribution >= 4 is 17.6 Å². The van der Waals surface area contributed by atoms with Crippen LogP contribution in [0.5, 0.6) is 5.75 Å². The van der Waals surface area contributed by atoms with Gasteiger partial charge in [0.25, 0.3) is 0 Å². The molecule has 1 aliphatic heterocycles. The fourth-order valence-electron chi connectivity index (χ4n) is 3.36. The molecule has 0 atom stereocenters. The fourth-order valence-corrected chi connectivity index (χ4v) is 3.36. The van der Waals surface area contributed by atoms with Crippen molar-refractivity contribution in [1.82, 2.24) is 10.2 Å². The fraction of sp³-hybridized carbons (Fsp3) is 0.391. The minimum absolute atomic E-state index is 0.0515. The standard InChI is InChI=1S/C23H29N3O3/c1-17(2)29-21-10-8-18(9-11-21)16-24-22(27)19-12-14-26(15-13-19)23(28)25-20-6-4-3-5-7-20/h3-11,17,19H,12-16H2,1-2H3,(H,24,27)(H,25,28). The second kappa shape index (κ2) is 9.96. The van der Waals surface area contributed by atoms with Crippen molar-refractivity contribution in [3.05, 3.63) is 60.2 Å². The van der Waals surface area contributed by atoms with E-state index in [0.717, 1.165) is 17.0 Å². The van der Waals surface area contributed by atoms with Crippen LogP contribution in [-0.2, 0) is 11.3 Å². The Balaban J connectivity index is 1.41. The number of nitrogens with one attached hydrogen (secondary N) is 2. The number of likely N-dealkylation sites (tertiary alicyclic amines) is 1. The molecule has 1 fully saturated rings. The topological polar surface area (TPSA) is 70.7 Å². The quantitative estimate of drug-likeness (QED) is 0.776. The van der Waals surface area contributed by atoms with Crippen LogP contribution in [0.3, 0.4) is 0 Å². The third kappa shape index (κ3) is 6.24. The number of amides is 3. The van der Waals surface area contributed by atoms with Gasteiger partial charge < -0.3 is 20.3 Å². The van der Waals surface area contributed by atoms with Crippen molar-refractivity contribution in [2.45, 2.75) is 39.3 Å². The zero-order chi connectivity index (χ0) is 20.6. The van der Waals surface area contributed by atoms with Crippen molar-refractivity contribution in [1.29, 1.82) is 0 Å². The Labute approximate surface area is 172 Å². The number of nitrogens with zero attached hydrogens (tertiary/aromatic N) is 1. The molecule has 6 nitrogen and oxygen atoms in total. The molecule has 2 aromatic rings. The Hall–Kier alpha value is -3.02. The number of rotatable bonds is 6. The van der Waals surface area contributed by atoms with E-state index in [4.69, 9.17) is 4.74 Å². The van der Waals surface area contributed by atoms with E-state index in [9.17, 15) is 9.59 Å². The van der Waals surface area contributed by atoms with Gasteiger partial charge in [-0.15, -0.1) is 0 Å². The Morgan fingerprint density at radius 1 is 1.03 bits per heavy atom. The Bertz CT molecular complexity index is 798. The van der Waals surface area contributed by atoms with Crippen LogP contribution in [-0.4, -0.2) is 36.0 Å². The molecule has 3 amide bonds. The lowest BCUT2D eigenvalue weighted by atomic mass is 9.96. The van der Waals surface area contributed by atoms with E-state index in [1.165, 1.54) is 0 Å². The van der Waals surface area contributed by atoms with Gasteiger partial charge in [-0.2, -0.15) is 0 Å². The monoisotopic (exact) mass is 395 g/mol. The minimum Gasteiger partial charge on any atom is -0.491 e. The first kappa shape index (κ1) is 20.7. The summed E-state index contributed by atoms with van der Waals surface area (Å²) in [6, 6.07) is 17.1. The second-order valence-corrected chi connectivity index (χ2v) is 7.59. The molecule has 29 heavy (non-hydrogen) atoms. The summed E-state index contributed by atoms with van der Waals surface area (Å²) >= 11 is 0. The van der Waals surface area contributed by atoms with Crippen LogP contribution in [0.15, 0.2) is 54.6 Å². The molecule has 0 spiro atoms. The van der Waals surface area contributed by atoms with Gasteiger partial charge in [-0.25, -0.2) is 4.79 Å². The molecule has 6 heteroatoms. The van der Waals surface area contributed by atoms with E-state index in [1.54, 1.807) is 4.90 Å². The van der Waals surface area contributed by atoms with Crippen LogP contribution in [0.1, 0.15) is 32.3 Å². The molecule has 1 heterocycles. The van der Waals surface area contributed by atoms with Gasteiger partial charge in [-0.3, -0.25) is 4.79 Å². The largest absolute Gasteiger partial charge is 0.491 e. The van der Waals surface area contributed by atoms with Gasteiger partial charge in [0, 0.05) is 31.2 Å². The van der Waals surface area contributed by atoms with Gasteiger partial charge in [0.1, 0.15) is 5.75 Å². The van der Waals surface area contributed by atoms with E-state index in [2.05, 4.69) is 10.6 Å². The number of carbonyl (C=O) groups is 2. The van der Waals surface area contributed by atoms with E-state index >= 15 is 0 Å². The van der Waals surface area contributed by atoms with Crippen molar-refractivity contribution in [2.75, 3.05) is 18.4 Å². The summed E-state index contributed by atoms with van der Waals surface area (Å²) in [5, 5.41) is 5.91. The van der Waals surface area contributed by atoms with Crippen LogP contribution in [0.25, 0.3) is 0 Å². The van der Waals surface area contributed by atoms with Gasteiger partial charge >= 0.3 is 6.03 Å². The van der Waals surface area contributed by atoms with Crippen molar-refractivity contribution in [3.8, 4) is 5.75 Å². The molecule has 3 rings (SSSR count). The van der Waals surface area contributed by atoms with Crippen LogP contribution in [0.2, 0.25) is 0 Å². The first-order chi connectivity index (χ1) is 14.0. The van der Waals surface area contributed by atoms with Crippen LogP contribution >= 0.6 is 0 Å². The molecule has 0 unspecified atom stereocenters. The van der Waals surface area contributed by atoms with E-state index < -0.39 is 0 Å². The molecule has 0 radical (unpaired) electrons. The number of carbonyl (C=O) groups excluding carboxylic acids is 2. The molecule has 2 aromatic carbocycles. The van der Waals surface area contributed by atoms with Gasteiger partial charge in [-0.1, -0.05) is 30.3 Å². The Morgan fingerprint density at radius 3 is 2.31 bits per heavy atom. The number of urea groups is 1. The highest BCUT2D eigenvalue weighted by atomic mass is 16.5. The lowest BCUT2D eigenvalue weighted by Crippen LogP contribution is -2.44. The van der Waals surface area contributed by atoms with Crippen LogP contribution < -0.4 is 15.4 Å². The highest BCUT2D eigenvalue weighted by molar-refractivity contribution is 5.89. The number of hydrogen-bond acceptors (Lipinski definition) is 3. The summed E-state index contributed by atoms with van der Waals surface area (Å²) in [4.78, 5) is 26.6. The molecule has 0 aromatic heterocycles. The summed E-state index contributed by atoms with van der Waals surface area (Å²) in [5.41, 5.74) is 1.82. The average molecular weight is 396 g/mol. The minimum atomic E-state index is -0.112. The normalized spacial score (nSPS) is 14.5. The van der Waals surface area contributed by atoms with E-state index in [-0.39, 0.29) is 24.0 Å². The second-order valence-electron chi connectivity index (χ2n) is 7.59. The lowest BCUT2D eigenvalue weighted by Gasteiger charge is -2.31. The molecule has 1 saturated heterocycles. The van der Waals surface area contributed by atoms with Gasteiger partial charge in [0.2, 0.25) is 5.91 Å². The summed E-state index contributed by atoms with van der Waals surface area (Å²) in [6.45, 7) is 5.64. The molecule has 0 bridgehead atoms. The smallest absolute Gasteiger partial charge is 0.321 e. The Kier molecular flexibility index (Phi) is 7.11. The highest BCUT2D eigenvalue weighted by Crippen LogP contribution is 2.19.